The van der Waals surface area contributed by atoms with Crippen molar-refractivity contribution in [1.29, 1.82) is 5.26 Å². The van der Waals surface area contributed by atoms with E-state index in [1.807, 2.05) is 6.07 Å². The second-order valence-electron chi connectivity index (χ2n) is 7.00. The van der Waals surface area contributed by atoms with E-state index in [9.17, 15) is 14.0 Å². The van der Waals surface area contributed by atoms with Gasteiger partial charge in [-0.05, 0) is 30.7 Å². The minimum absolute atomic E-state index is 0.00480. The molecule has 32 heavy (non-hydrogen) atoms. The molecule has 0 aliphatic carbocycles. The topological polar surface area (TPSA) is 112 Å². The molecule has 6 N–H and O–H groups in total. The van der Waals surface area contributed by atoms with E-state index in [1.54, 1.807) is 0 Å². The molecule has 0 bridgehead atoms. The van der Waals surface area contributed by atoms with Gasteiger partial charge in [-0.25, -0.2) is 4.39 Å². The van der Waals surface area contributed by atoms with Crippen LogP contribution >= 0.6 is 11.6 Å². The summed E-state index contributed by atoms with van der Waals surface area (Å²) in [6.45, 7) is 3.90. The van der Waals surface area contributed by atoms with E-state index < -0.39 is 18.3 Å². The molecule has 0 spiro atoms. The van der Waals surface area contributed by atoms with Crippen molar-refractivity contribution >= 4 is 23.2 Å². The van der Waals surface area contributed by atoms with Crippen LogP contribution in [0.5, 0.6) is 0 Å². The maximum atomic E-state index is 15.1. The third-order valence-electron chi connectivity index (χ3n) is 4.51. The normalized spacial score (nSPS) is 10.8. The number of benzene rings is 2. The van der Waals surface area contributed by atoms with Crippen molar-refractivity contribution in [3.8, 4) is 6.07 Å². The fourth-order valence-corrected chi connectivity index (χ4v) is 3.08. The van der Waals surface area contributed by atoms with Gasteiger partial charge in [0.15, 0.2) is 11.8 Å². The van der Waals surface area contributed by atoms with Gasteiger partial charge in [0, 0.05) is 41.4 Å². The van der Waals surface area contributed by atoms with Crippen molar-refractivity contribution in [2.24, 2.45) is 16.5 Å². The van der Waals surface area contributed by atoms with Gasteiger partial charge in [-0.1, -0.05) is 30.3 Å². The van der Waals surface area contributed by atoms with Gasteiger partial charge < -0.3 is 22.1 Å². The quantitative estimate of drug-likeness (QED) is 0.229. The Morgan fingerprint density at radius 2 is 2.00 bits per heavy atom. The molecule has 10 heteroatoms. The minimum Gasteiger partial charge on any atom is -0.388 e. The Morgan fingerprint density at radius 3 is 2.66 bits per heavy atom. The molecule has 6 nitrogen and oxygen atoms in total. The molecule has 0 saturated heterocycles. The monoisotopic (exact) mass is 464 g/mol. The zero-order valence-corrected chi connectivity index (χ0v) is 18.0. The molecule has 0 atom stereocenters. The van der Waals surface area contributed by atoms with Gasteiger partial charge in [0.2, 0.25) is 0 Å². The van der Waals surface area contributed by atoms with Crippen LogP contribution in [0.15, 0.2) is 53.7 Å². The summed E-state index contributed by atoms with van der Waals surface area (Å²) in [4.78, 5) is 3.85. The highest BCUT2D eigenvalue weighted by Gasteiger charge is 2.32. The number of aliphatic imine (C=N–C) groups is 1. The molecule has 170 valence electrons. The summed E-state index contributed by atoms with van der Waals surface area (Å²) in [5.41, 5.74) is 10.7. The molecular formula is C22H24ClF3N6. The fraction of sp³-hybridized carbons (Fsp3) is 0.273. The van der Waals surface area contributed by atoms with E-state index in [0.717, 1.165) is 6.07 Å². The van der Waals surface area contributed by atoms with E-state index in [1.165, 1.54) is 30.3 Å². The standard InChI is InChI=1S/C22H24ClF3N6/c1-14(30-8-3-9-31-21(28)29)10-18-15(12-27)6-7-19(20(18)24)32-13-22(25,26)16-4-2-5-17(23)11-16/h2,4-7,11,30,32H,1,3,8-10,13H2,(H4,28,29,31). The Bertz CT molecular complexity index is 1030. The molecule has 2 rings (SSSR count). The van der Waals surface area contributed by atoms with Crippen LogP contribution < -0.4 is 22.1 Å². The molecular weight excluding hydrogens is 441 g/mol. The van der Waals surface area contributed by atoms with Crippen LogP contribution in [0.4, 0.5) is 18.9 Å². The lowest BCUT2D eigenvalue weighted by Crippen LogP contribution is -2.25. The lowest BCUT2D eigenvalue weighted by atomic mass is 10.0. The summed E-state index contributed by atoms with van der Waals surface area (Å²) in [5.74, 6) is -4.07. The number of anilines is 1. The van der Waals surface area contributed by atoms with E-state index in [2.05, 4.69) is 22.2 Å². The van der Waals surface area contributed by atoms with Crippen molar-refractivity contribution in [2.75, 3.05) is 25.0 Å². The third kappa shape index (κ3) is 7.10. The number of hydrogen-bond acceptors (Lipinski definition) is 4. The van der Waals surface area contributed by atoms with Crippen LogP contribution in [0, 0.1) is 17.1 Å². The van der Waals surface area contributed by atoms with Crippen molar-refractivity contribution < 1.29 is 13.2 Å². The Morgan fingerprint density at radius 1 is 1.25 bits per heavy atom. The average molecular weight is 465 g/mol. The molecule has 0 saturated carbocycles. The largest absolute Gasteiger partial charge is 0.388 e. The van der Waals surface area contributed by atoms with Crippen molar-refractivity contribution in [1.82, 2.24) is 5.32 Å². The van der Waals surface area contributed by atoms with Crippen molar-refractivity contribution in [3.63, 3.8) is 0 Å². The molecule has 2 aromatic carbocycles. The Kier molecular flexibility index (Phi) is 8.79. The van der Waals surface area contributed by atoms with Gasteiger partial charge in [0.1, 0.15) is 0 Å². The Balaban J connectivity index is 2.08. The van der Waals surface area contributed by atoms with Crippen LogP contribution in [0.3, 0.4) is 0 Å². The molecule has 0 unspecified atom stereocenters. The lowest BCUT2D eigenvalue weighted by Gasteiger charge is -2.20. The maximum absolute atomic E-state index is 15.1. The zero-order valence-electron chi connectivity index (χ0n) is 17.3. The first-order valence-corrected chi connectivity index (χ1v) is 10.1. The van der Waals surface area contributed by atoms with E-state index in [-0.39, 0.29) is 39.8 Å². The predicted molar refractivity (Wildman–Crippen MR) is 121 cm³/mol. The highest BCUT2D eigenvalue weighted by atomic mass is 35.5. The number of rotatable bonds is 11. The molecule has 2 aromatic rings. The molecule has 0 aliphatic rings. The second-order valence-corrected chi connectivity index (χ2v) is 7.44. The van der Waals surface area contributed by atoms with Crippen LogP contribution in [-0.2, 0) is 12.3 Å². The first-order chi connectivity index (χ1) is 15.1. The summed E-state index contributed by atoms with van der Waals surface area (Å²) in [6, 6.07) is 9.87. The SMILES string of the molecule is C=C(Cc1c(C#N)ccc(NCC(F)(F)c2cccc(Cl)c2)c1F)NCCCN=C(N)N. The summed E-state index contributed by atoms with van der Waals surface area (Å²) >= 11 is 5.79. The average Bonchev–Trinajstić information content (AvgIpc) is 2.74. The molecule has 0 fully saturated rings. The van der Waals surface area contributed by atoms with Crippen LogP contribution in [0.25, 0.3) is 0 Å². The van der Waals surface area contributed by atoms with Gasteiger partial charge >= 0.3 is 0 Å². The van der Waals surface area contributed by atoms with Crippen LogP contribution in [0.2, 0.25) is 5.02 Å². The maximum Gasteiger partial charge on any atom is 0.290 e. The number of guanidine groups is 1. The minimum atomic E-state index is -3.29. The van der Waals surface area contributed by atoms with Gasteiger partial charge in [-0.15, -0.1) is 0 Å². The van der Waals surface area contributed by atoms with Gasteiger partial charge in [-0.2, -0.15) is 14.0 Å². The first-order valence-electron chi connectivity index (χ1n) is 9.70. The van der Waals surface area contributed by atoms with Crippen LogP contribution in [-0.4, -0.2) is 25.6 Å². The highest BCUT2D eigenvalue weighted by Crippen LogP contribution is 2.31. The summed E-state index contributed by atoms with van der Waals surface area (Å²) < 4.78 is 44.1. The number of alkyl halides is 2. The van der Waals surface area contributed by atoms with Crippen LogP contribution in [0.1, 0.15) is 23.1 Å². The number of halogens is 4. The third-order valence-corrected chi connectivity index (χ3v) is 4.74. The number of allylic oxidation sites excluding steroid dienone is 1. The van der Waals surface area contributed by atoms with Gasteiger partial charge in [0.25, 0.3) is 5.92 Å². The number of nitrogens with zero attached hydrogens (tertiary/aromatic N) is 2. The molecule has 0 heterocycles. The molecule has 0 aromatic heterocycles. The van der Waals surface area contributed by atoms with Gasteiger partial charge in [0.05, 0.1) is 23.9 Å². The smallest absolute Gasteiger partial charge is 0.290 e. The van der Waals surface area contributed by atoms with E-state index in [4.69, 9.17) is 23.1 Å². The number of nitrogens with two attached hydrogens (primary N) is 2. The van der Waals surface area contributed by atoms with Gasteiger partial charge in [-0.3, -0.25) is 4.99 Å². The summed E-state index contributed by atoms with van der Waals surface area (Å²) in [5, 5.41) is 15.0. The molecule has 0 amide bonds. The predicted octanol–water partition coefficient (Wildman–Crippen LogP) is 3.86. The van der Waals surface area contributed by atoms with Crippen molar-refractivity contribution in [3.05, 3.63) is 76.2 Å². The summed E-state index contributed by atoms with van der Waals surface area (Å²) in [7, 11) is 0. The van der Waals surface area contributed by atoms with E-state index >= 15 is 4.39 Å². The number of hydrogen-bond donors (Lipinski definition) is 4. The molecule has 0 aliphatic heterocycles. The Labute approximate surface area is 189 Å². The molecule has 0 radical (unpaired) electrons. The summed E-state index contributed by atoms with van der Waals surface area (Å²) in [6.07, 6.45) is 0.627. The highest BCUT2D eigenvalue weighted by molar-refractivity contribution is 6.30. The van der Waals surface area contributed by atoms with E-state index in [0.29, 0.717) is 25.2 Å². The number of nitrogens with one attached hydrogen (secondary N) is 2. The fourth-order valence-electron chi connectivity index (χ4n) is 2.89. The first kappa shape index (κ1) is 24.9. The van der Waals surface area contributed by atoms with Crippen molar-refractivity contribution in [2.45, 2.75) is 18.8 Å². The second kappa shape index (κ2) is 11.3. The zero-order chi connectivity index (χ0) is 23.7. The Hall–Kier alpha value is -3.38. The number of nitriles is 1. The lowest BCUT2D eigenvalue weighted by molar-refractivity contribution is 0.0106.